The molecule has 0 radical (unpaired) electrons. The zero-order chi connectivity index (χ0) is 10.7. The van der Waals surface area contributed by atoms with Crippen LogP contribution in [0.3, 0.4) is 0 Å². The number of nitrogens with zero attached hydrogens (tertiary/aromatic N) is 1. The van der Waals surface area contributed by atoms with E-state index in [0.717, 1.165) is 0 Å². The quantitative estimate of drug-likeness (QED) is 0.485. The number of hydrogen-bond donors (Lipinski definition) is 0. The molecule has 0 aliphatic heterocycles. The molecule has 0 saturated carbocycles. The first-order valence-electron chi connectivity index (χ1n) is 3.62. The van der Waals surface area contributed by atoms with Gasteiger partial charge in [-0.15, -0.1) is 0 Å². The summed E-state index contributed by atoms with van der Waals surface area (Å²) in [5, 5.41) is 9.87. The van der Waals surface area contributed by atoms with E-state index < -0.39 is 10.2 Å². The van der Waals surface area contributed by atoms with Crippen molar-refractivity contribution in [2.75, 3.05) is 0 Å². The maximum absolute atomic E-state index is 10.6. The number of carbonyl (C=O) groups is 1. The Kier molecular flexibility index (Phi) is 3.60. The molecule has 0 bridgehead atoms. The van der Waals surface area contributed by atoms with Gasteiger partial charge < -0.3 is 0 Å². The van der Waals surface area contributed by atoms with E-state index in [1.165, 1.54) is 18.2 Å². The molecule has 74 valence electrons. The Morgan fingerprint density at radius 1 is 1.57 bits per heavy atom. The summed E-state index contributed by atoms with van der Waals surface area (Å²) >= 11 is 8.36. The molecule has 0 heterocycles. The van der Waals surface area contributed by atoms with Crippen molar-refractivity contribution in [2.24, 2.45) is 0 Å². The lowest BCUT2D eigenvalue weighted by Crippen LogP contribution is -1.96. The fourth-order valence-electron chi connectivity index (χ4n) is 0.960. The van der Waals surface area contributed by atoms with Gasteiger partial charge in [0, 0.05) is 23.0 Å². The van der Waals surface area contributed by atoms with E-state index in [9.17, 15) is 14.9 Å². The van der Waals surface area contributed by atoms with Gasteiger partial charge in [0.2, 0.25) is 5.24 Å². The number of rotatable bonds is 3. The first kappa shape index (κ1) is 11.1. The number of carbonyl (C=O) groups excluding carboxylic acids is 1. The molecular weight excluding hydrogens is 273 g/mol. The topological polar surface area (TPSA) is 60.2 Å². The summed E-state index contributed by atoms with van der Waals surface area (Å²) < 4.78 is 0.636. The Morgan fingerprint density at radius 2 is 2.21 bits per heavy atom. The fraction of sp³-hybridized carbons (Fsp3) is 0.125. The van der Waals surface area contributed by atoms with Crippen LogP contribution in [0.5, 0.6) is 0 Å². The van der Waals surface area contributed by atoms with Gasteiger partial charge in [0.05, 0.1) is 4.92 Å². The standard InChI is InChI=1S/C8H5BrClNO3/c9-7-2-1-6(11(13)14)3-5(7)4-8(10)12/h1-3H,4H2. The van der Waals surface area contributed by atoms with E-state index in [-0.39, 0.29) is 12.1 Å². The zero-order valence-corrected chi connectivity index (χ0v) is 9.21. The van der Waals surface area contributed by atoms with Gasteiger partial charge in [-0.3, -0.25) is 14.9 Å². The minimum absolute atomic E-state index is 0.0240. The average Bonchev–Trinajstić information content (AvgIpc) is 2.07. The van der Waals surface area contributed by atoms with Crippen LogP contribution in [-0.4, -0.2) is 10.2 Å². The summed E-state index contributed by atoms with van der Waals surface area (Å²) in [6, 6.07) is 4.20. The molecule has 0 N–H and O–H groups in total. The smallest absolute Gasteiger partial charge is 0.269 e. The van der Waals surface area contributed by atoms with Crippen LogP contribution in [0.25, 0.3) is 0 Å². The first-order valence-corrected chi connectivity index (χ1v) is 4.79. The number of halogens is 2. The molecule has 0 spiro atoms. The second kappa shape index (κ2) is 4.52. The molecule has 0 atom stereocenters. The van der Waals surface area contributed by atoms with Crippen LogP contribution in [0, 0.1) is 10.1 Å². The lowest BCUT2D eigenvalue weighted by Gasteiger charge is -2.00. The molecule has 6 heteroatoms. The normalized spacial score (nSPS) is 9.86. The van der Waals surface area contributed by atoms with E-state index in [2.05, 4.69) is 15.9 Å². The van der Waals surface area contributed by atoms with Gasteiger partial charge >= 0.3 is 0 Å². The second-order valence-corrected chi connectivity index (χ2v) is 3.84. The van der Waals surface area contributed by atoms with Gasteiger partial charge in [-0.05, 0) is 23.2 Å². The molecule has 4 nitrogen and oxygen atoms in total. The Hall–Kier alpha value is -0.940. The highest BCUT2D eigenvalue weighted by atomic mass is 79.9. The molecule has 1 aromatic rings. The lowest BCUT2D eigenvalue weighted by molar-refractivity contribution is -0.384. The third kappa shape index (κ3) is 2.78. The molecule has 1 aromatic carbocycles. The Morgan fingerprint density at radius 3 is 2.71 bits per heavy atom. The SMILES string of the molecule is O=C(Cl)Cc1cc([N+](=O)[O-])ccc1Br. The van der Waals surface area contributed by atoms with Crippen LogP contribution in [0.4, 0.5) is 5.69 Å². The maximum Gasteiger partial charge on any atom is 0.269 e. The molecule has 1 rings (SSSR count). The molecule has 0 aliphatic carbocycles. The zero-order valence-electron chi connectivity index (χ0n) is 6.87. The molecule has 14 heavy (non-hydrogen) atoms. The summed E-state index contributed by atoms with van der Waals surface area (Å²) in [6.07, 6.45) is -0.0240. The van der Waals surface area contributed by atoms with Crippen molar-refractivity contribution >= 4 is 38.5 Å². The van der Waals surface area contributed by atoms with E-state index in [1.807, 2.05) is 0 Å². The number of non-ortho nitro benzene ring substituents is 1. The fourth-order valence-corrected chi connectivity index (χ4v) is 1.49. The van der Waals surface area contributed by atoms with Gasteiger partial charge in [-0.25, -0.2) is 0 Å². The Labute approximate surface area is 93.1 Å². The van der Waals surface area contributed by atoms with Crippen LogP contribution < -0.4 is 0 Å². The summed E-state index contributed by atoms with van der Waals surface area (Å²) in [5.74, 6) is 0. The van der Waals surface area contributed by atoms with Crippen molar-refractivity contribution in [3.8, 4) is 0 Å². The third-order valence-electron chi connectivity index (χ3n) is 1.57. The highest BCUT2D eigenvalue weighted by Gasteiger charge is 2.11. The number of nitro groups is 1. The number of benzene rings is 1. The van der Waals surface area contributed by atoms with Gasteiger partial charge in [-0.1, -0.05) is 15.9 Å². The minimum atomic E-state index is -0.550. The molecule has 0 aromatic heterocycles. The van der Waals surface area contributed by atoms with Crippen molar-refractivity contribution in [1.29, 1.82) is 0 Å². The highest BCUT2D eigenvalue weighted by Crippen LogP contribution is 2.23. The predicted molar refractivity (Wildman–Crippen MR) is 55.4 cm³/mol. The van der Waals surface area contributed by atoms with Crippen LogP contribution in [0.2, 0.25) is 0 Å². The maximum atomic E-state index is 10.6. The lowest BCUT2D eigenvalue weighted by atomic mass is 10.1. The predicted octanol–water partition coefficient (Wildman–Crippen LogP) is 2.67. The molecule has 0 fully saturated rings. The Bertz CT molecular complexity index is 394. The third-order valence-corrected chi connectivity index (χ3v) is 2.48. The molecular formula is C8H5BrClNO3. The second-order valence-electron chi connectivity index (χ2n) is 2.56. The summed E-state index contributed by atoms with van der Waals surface area (Å²) in [7, 11) is 0. The van der Waals surface area contributed by atoms with Gasteiger partial charge in [-0.2, -0.15) is 0 Å². The van der Waals surface area contributed by atoms with Crippen LogP contribution in [-0.2, 0) is 11.2 Å². The van der Waals surface area contributed by atoms with Crippen molar-refractivity contribution in [3.63, 3.8) is 0 Å². The highest BCUT2D eigenvalue weighted by molar-refractivity contribution is 9.10. The van der Waals surface area contributed by atoms with Crippen molar-refractivity contribution in [1.82, 2.24) is 0 Å². The molecule has 0 aliphatic rings. The molecule has 0 amide bonds. The van der Waals surface area contributed by atoms with Gasteiger partial charge in [0.15, 0.2) is 0 Å². The van der Waals surface area contributed by atoms with E-state index in [0.29, 0.717) is 10.0 Å². The summed E-state index contributed by atoms with van der Waals surface area (Å²) in [4.78, 5) is 20.5. The van der Waals surface area contributed by atoms with Crippen molar-refractivity contribution in [2.45, 2.75) is 6.42 Å². The minimum Gasteiger partial charge on any atom is -0.281 e. The first-order chi connectivity index (χ1) is 6.50. The van der Waals surface area contributed by atoms with Crippen LogP contribution in [0.1, 0.15) is 5.56 Å². The van der Waals surface area contributed by atoms with Gasteiger partial charge in [0.25, 0.3) is 5.69 Å². The van der Waals surface area contributed by atoms with E-state index in [1.54, 1.807) is 0 Å². The average molecular weight is 278 g/mol. The monoisotopic (exact) mass is 277 g/mol. The van der Waals surface area contributed by atoms with Crippen LogP contribution in [0.15, 0.2) is 22.7 Å². The van der Waals surface area contributed by atoms with E-state index in [4.69, 9.17) is 11.6 Å². The molecule has 0 saturated heterocycles. The summed E-state index contributed by atoms with van der Waals surface area (Å²) in [6.45, 7) is 0. The van der Waals surface area contributed by atoms with Crippen molar-refractivity contribution < 1.29 is 9.72 Å². The number of hydrogen-bond acceptors (Lipinski definition) is 3. The largest absolute Gasteiger partial charge is 0.281 e. The van der Waals surface area contributed by atoms with E-state index >= 15 is 0 Å². The Balaban J connectivity index is 3.08. The number of nitro benzene ring substituents is 1. The molecule has 0 unspecified atom stereocenters. The van der Waals surface area contributed by atoms with Crippen LogP contribution >= 0.6 is 27.5 Å². The van der Waals surface area contributed by atoms with Crippen molar-refractivity contribution in [3.05, 3.63) is 38.3 Å². The van der Waals surface area contributed by atoms with Gasteiger partial charge in [0.1, 0.15) is 0 Å². The summed E-state index contributed by atoms with van der Waals surface area (Å²) in [5.41, 5.74) is 0.459.